The summed E-state index contributed by atoms with van der Waals surface area (Å²) in [4.78, 5) is 21.5. The molecule has 0 spiro atoms. The first-order valence-corrected chi connectivity index (χ1v) is 7.24. The SMILES string of the molecule is Cc1nc2cc([C@@H]3O[C@H](CO)[C@H](O)C3O)c(=O)nc-2[nH]c1C(F)(F)F. The van der Waals surface area contributed by atoms with Crippen LogP contribution in [0.3, 0.4) is 0 Å². The van der Waals surface area contributed by atoms with E-state index in [2.05, 4.69) is 9.97 Å². The lowest BCUT2D eigenvalue weighted by atomic mass is 10.0. The van der Waals surface area contributed by atoms with Gasteiger partial charge < -0.3 is 25.0 Å². The van der Waals surface area contributed by atoms with Gasteiger partial charge >= 0.3 is 6.18 Å². The highest BCUT2D eigenvalue weighted by Crippen LogP contribution is 2.35. The Labute approximate surface area is 138 Å². The summed E-state index contributed by atoms with van der Waals surface area (Å²) in [5, 5.41) is 28.8. The average Bonchev–Trinajstić information content (AvgIpc) is 2.81. The Morgan fingerprint density at radius 1 is 1.28 bits per heavy atom. The lowest BCUT2D eigenvalue weighted by Gasteiger charge is -2.17. The fourth-order valence-corrected chi connectivity index (χ4v) is 2.76. The van der Waals surface area contributed by atoms with Gasteiger partial charge in [0.15, 0.2) is 5.82 Å². The Hall–Kier alpha value is -2.08. The molecule has 11 heteroatoms. The lowest BCUT2D eigenvalue weighted by molar-refractivity contribution is -0.141. The van der Waals surface area contributed by atoms with Crippen LogP contribution in [0.2, 0.25) is 0 Å². The molecule has 0 amide bonds. The molecule has 25 heavy (non-hydrogen) atoms. The topological polar surface area (TPSA) is 129 Å². The number of halogens is 3. The van der Waals surface area contributed by atoms with Crippen LogP contribution in [0.25, 0.3) is 11.5 Å². The molecule has 136 valence electrons. The number of aromatic amines is 1. The summed E-state index contributed by atoms with van der Waals surface area (Å²) in [6.45, 7) is 0.569. The fourth-order valence-electron chi connectivity index (χ4n) is 2.76. The smallest absolute Gasteiger partial charge is 0.394 e. The van der Waals surface area contributed by atoms with Crippen molar-refractivity contribution in [2.75, 3.05) is 6.61 Å². The van der Waals surface area contributed by atoms with Gasteiger partial charge in [-0.05, 0) is 13.0 Å². The second-order valence-electron chi connectivity index (χ2n) is 5.70. The highest BCUT2D eigenvalue weighted by Gasteiger charge is 2.44. The van der Waals surface area contributed by atoms with Gasteiger partial charge in [-0.25, -0.2) is 4.98 Å². The third-order valence-corrected chi connectivity index (χ3v) is 4.02. The van der Waals surface area contributed by atoms with Crippen LogP contribution in [0.1, 0.15) is 23.1 Å². The summed E-state index contributed by atoms with van der Waals surface area (Å²) >= 11 is 0. The molecule has 3 rings (SSSR count). The second-order valence-corrected chi connectivity index (χ2v) is 5.70. The van der Waals surface area contributed by atoms with Crippen molar-refractivity contribution >= 4 is 0 Å². The minimum Gasteiger partial charge on any atom is -0.394 e. The number of aliphatic hydroxyl groups excluding tert-OH is 3. The van der Waals surface area contributed by atoms with E-state index in [9.17, 15) is 28.2 Å². The van der Waals surface area contributed by atoms with Gasteiger partial charge in [-0.15, -0.1) is 0 Å². The van der Waals surface area contributed by atoms with Crippen LogP contribution in [0.15, 0.2) is 10.9 Å². The van der Waals surface area contributed by atoms with Gasteiger partial charge in [0.2, 0.25) is 0 Å². The number of pyridine rings is 1. The number of rotatable bonds is 2. The molecule has 1 saturated heterocycles. The molecule has 3 aliphatic heterocycles. The Bertz CT molecular complexity index is 825. The quantitative estimate of drug-likeness (QED) is 0.581. The van der Waals surface area contributed by atoms with E-state index >= 15 is 0 Å². The zero-order chi connectivity index (χ0) is 18.5. The number of nitrogens with zero attached hydrogens (tertiary/aromatic N) is 2. The van der Waals surface area contributed by atoms with Crippen molar-refractivity contribution < 1.29 is 33.2 Å². The Morgan fingerprint density at radius 2 is 1.96 bits per heavy atom. The van der Waals surface area contributed by atoms with Gasteiger partial charge in [0.25, 0.3) is 5.56 Å². The molecule has 0 aromatic heterocycles. The normalized spacial score (nSPS) is 27.2. The van der Waals surface area contributed by atoms with E-state index in [4.69, 9.17) is 9.84 Å². The minimum absolute atomic E-state index is 0.0298. The zero-order valence-electron chi connectivity index (χ0n) is 12.8. The van der Waals surface area contributed by atoms with Gasteiger partial charge in [0, 0.05) is 0 Å². The Kier molecular flexibility index (Phi) is 4.27. The molecule has 0 radical (unpaired) electrons. The molecule has 0 saturated carbocycles. The molecular weight excluding hydrogens is 347 g/mol. The number of nitrogens with one attached hydrogen (secondary N) is 1. The van der Waals surface area contributed by atoms with Crippen LogP contribution < -0.4 is 5.56 Å². The van der Waals surface area contributed by atoms with Crippen LogP contribution >= 0.6 is 0 Å². The number of aliphatic hydroxyl groups is 3. The van der Waals surface area contributed by atoms with Crippen LogP contribution in [0.4, 0.5) is 13.2 Å². The average molecular weight is 361 g/mol. The third-order valence-electron chi connectivity index (χ3n) is 4.02. The van der Waals surface area contributed by atoms with Crippen molar-refractivity contribution in [1.82, 2.24) is 15.0 Å². The maximum Gasteiger partial charge on any atom is 0.433 e. The number of aryl methyl sites for hydroxylation is 1. The van der Waals surface area contributed by atoms with Crippen LogP contribution in [-0.2, 0) is 10.9 Å². The summed E-state index contributed by atoms with van der Waals surface area (Å²) in [6, 6.07) is 1.15. The van der Waals surface area contributed by atoms with E-state index in [0.29, 0.717) is 0 Å². The third kappa shape index (κ3) is 2.99. The summed E-state index contributed by atoms with van der Waals surface area (Å²) < 4.78 is 43.9. The highest BCUT2D eigenvalue weighted by molar-refractivity contribution is 5.53. The predicted molar refractivity (Wildman–Crippen MR) is 75.7 cm³/mol. The van der Waals surface area contributed by atoms with Crippen LogP contribution in [0, 0.1) is 6.92 Å². The number of hydrogen-bond acceptors (Lipinski definition) is 7. The summed E-state index contributed by atoms with van der Waals surface area (Å²) in [7, 11) is 0. The molecule has 8 nitrogen and oxygen atoms in total. The molecule has 0 aliphatic carbocycles. The van der Waals surface area contributed by atoms with Crippen LogP contribution in [-0.4, -0.2) is 55.2 Å². The van der Waals surface area contributed by atoms with E-state index in [1.165, 1.54) is 0 Å². The Balaban J connectivity index is 2.10. The molecule has 0 aromatic rings. The minimum atomic E-state index is -4.68. The maximum atomic E-state index is 12.9. The van der Waals surface area contributed by atoms with Gasteiger partial charge in [-0.3, -0.25) is 4.79 Å². The van der Waals surface area contributed by atoms with Crippen molar-refractivity contribution in [3.05, 3.63) is 33.4 Å². The number of aromatic nitrogens is 3. The van der Waals surface area contributed by atoms with E-state index in [1.807, 2.05) is 4.98 Å². The maximum absolute atomic E-state index is 12.9. The van der Waals surface area contributed by atoms with Crippen molar-refractivity contribution in [1.29, 1.82) is 0 Å². The first-order chi connectivity index (χ1) is 11.6. The standard InChI is InChI=1S/C14H14F3N3O5/c1-4-11(14(15,16)17)19-12-6(18-4)2-5(13(24)20-12)10-9(23)8(22)7(3-21)25-10/h2,7-10,21-23H,3H2,1H3,(H,19,20,24)/t7-,8+,9?,10+/m1/s1. The monoisotopic (exact) mass is 361 g/mol. The van der Waals surface area contributed by atoms with Crippen molar-refractivity contribution in [2.45, 2.75) is 37.5 Å². The molecule has 4 atom stereocenters. The van der Waals surface area contributed by atoms with E-state index in [1.54, 1.807) is 0 Å². The van der Waals surface area contributed by atoms with Crippen molar-refractivity contribution in [2.24, 2.45) is 0 Å². The Morgan fingerprint density at radius 3 is 2.52 bits per heavy atom. The second kappa shape index (κ2) is 6.02. The summed E-state index contributed by atoms with van der Waals surface area (Å²) in [6.07, 6.45) is -9.97. The highest BCUT2D eigenvalue weighted by atomic mass is 19.4. The number of fused-ring (bicyclic) bond motifs is 1. The van der Waals surface area contributed by atoms with E-state index < -0.39 is 48.5 Å². The lowest BCUT2D eigenvalue weighted by Crippen LogP contribution is -2.33. The molecule has 0 bridgehead atoms. The van der Waals surface area contributed by atoms with Crippen molar-refractivity contribution in [3.8, 4) is 11.5 Å². The fraction of sp³-hybridized carbons (Fsp3) is 0.500. The molecule has 0 aromatic carbocycles. The number of hydrogen-bond donors (Lipinski definition) is 4. The predicted octanol–water partition coefficient (Wildman–Crippen LogP) is -0.249. The first kappa shape index (κ1) is 17.7. The van der Waals surface area contributed by atoms with E-state index in [-0.39, 0.29) is 22.8 Å². The molecular formula is C14H14F3N3O5. The van der Waals surface area contributed by atoms with E-state index in [0.717, 1.165) is 13.0 Å². The van der Waals surface area contributed by atoms with Crippen LogP contribution in [0.5, 0.6) is 0 Å². The van der Waals surface area contributed by atoms with Gasteiger partial charge in [0.05, 0.1) is 17.9 Å². The first-order valence-electron chi connectivity index (χ1n) is 7.24. The molecule has 3 heterocycles. The van der Waals surface area contributed by atoms with Gasteiger partial charge in [-0.2, -0.15) is 18.2 Å². The van der Waals surface area contributed by atoms with Gasteiger partial charge in [0.1, 0.15) is 35.8 Å². The molecule has 4 N–H and O–H groups in total. The number of H-pyrrole nitrogens is 1. The molecule has 3 aliphatic rings. The zero-order valence-corrected chi connectivity index (χ0v) is 12.8. The largest absolute Gasteiger partial charge is 0.433 e. The summed E-state index contributed by atoms with van der Waals surface area (Å²) in [5.41, 5.74) is -2.59. The molecule has 1 fully saturated rings. The number of ether oxygens (including phenoxy) is 1. The van der Waals surface area contributed by atoms with Gasteiger partial charge in [-0.1, -0.05) is 0 Å². The van der Waals surface area contributed by atoms with Crippen molar-refractivity contribution in [3.63, 3.8) is 0 Å². The number of alkyl halides is 3. The molecule has 1 unspecified atom stereocenters. The summed E-state index contributed by atoms with van der Waals surface area (Å²) in [5.74, 6) is -0.363.